The minimum atomic E-state index is -4.15. The number of carboxylic acid groups (broad SMARTS) is 1. The second kappa shape index (κ2) is 5.40. The lowest BCUT2D eigenvalue weighted by Gasteiger charge is -2.29. The highest BCUT2D eigenvalue weighted by molar-refractivity contribution is 7.89. The largest absolute Gasteiger partial charge is 0.480 e. The fraction of sp³-hybridized carbons (Fsp3) is 0.417. The zero-order valence-electron chi connectivity index (χ0n) is 11.0. The van der Waals surface area contributed by atoms with Crippen LogP contribution in [0.4, 0.5) is 0 Å². The van der Waals surface area contributed by atoms with Gasteiger partial charge in [0.2, 0.25) is 10.0 Å². The molecule has 0 aliphatic carbocycles. The molecule has 6 nitrogen and oxygen atoms in total. The maximum absolute atomic E-state index is 12.6. The molecule has 1 aromatic rings. The molecule has 0 bridgehead atoms. The molecule has 1 heterocycles. The summed E-state index contributed by atoms with van der Waals surface area (Å²) in [6.45, 7) is 0.963. The number of aliphatic carboxylic acids is 1. The summed E-state index contributed by atoms with van der Waals surface area (Å²) in [6, 6.07) is 3.75. The van der Waals surface area contributed by atoms with Crippen LogP contribution in [0.1, 0.15) is 13.3 Å². The van der Waals surface area contributed by atoms with E-state index in [1.54, 1.807) is 0 Å². The van der Waals surface area contributed by atoms with Crippen molar-refractivity contribution in [2.24, 2.45) is 0 Å². The van der Waals surface area contributed by atoms with Gasteiger partial charge >= 0.3 is 5.97 Å². The number of rotatable bonds is 3. The number of sulfonamides is 1. The number of hydrogen-bond acceptors (Lipinski definition) is 4. The molecule has 0 saturated carbocycles. The molecular weight excluding hydrogens is 341 g/mol. The normalized spacial score (nSPS) is 27.0. The highest BCUT2D eigenvalue weighted by atomic mass is 35.5. The van der Waals surface area contributed by atoms with Crippen LogP contribution in [-0.2, 0) is 14.8 Å². The zero-order chi connectivity index (χ0) is 16.0. The van der Waals surface area contributed by atoms with E-state index in [-0.39, 0.29) is 27.9 Å². The van der Waals surface area contributed by atoms with E-state index >= 15 is 0 Å². The second-order valence-electron chi connectivity index (χ2n) is 5.08. The molecule has 1 unspecified atom stereocenters. The molecule has 0 amide bonds. The molecule has 1 saturated heterocycles. The van der Waals surface area contributed by atoms with Gasteiger partial charge in [-0.15, -0.1) is 0 Å². The number of hydrogen-bond donors (Lipinski definition) is 2. The molecule has 1 aliphatic rings. The van der Waals surface area contributed by atoms with Crippen molar-refractivity contribution in [2.45, 2.75) is 29.9 Å². The molecule has 1 aliphatic heterocycles. The summed E-state index contributed by atoms with van der Waals surface area (Å²) in [7, 11) is -4.15. The Bertz CT molecular complexity index is 673. The van der Waals surface area contributed by atoms with Crippen molar-refractivity contribution in [3.05, 3.63) is 28.2 Å². The molecule has 116 valence electrons. The number of carboxylic acids is 1. The van der Waals surface area contributed by atoms with Gasteiger partial charge in [-0.25, -0.2) is 8.42 Å². The van der Waals surface area contributed by atoms with Gasteiger partial charge in [0, 0.05) is 23.0 Å². The molecule has 0 radical (unpaired) electrons. The number of halogens is 2. The van der Waals surface area contributed by atoms with Crippen LogP contribution in [0.5, 0.6) is 0 Å². The van der Waals surface area contributed by atoms with Gasteiger partial charge in [0.15, 0.2) is 0 Å². The van der Waals surface area contributed by atoms with E-state index in [2.05, 4.69) is 0 Å². The summed E-state index contributed by atoms with van der Waals surface area (Å²) < 4.78 is 26.1. The summed E-state index contributed by atoms with van der Waals surface area (Å²) in [5.74, 6) is -1.32. The van der Waals surface area contributed by atoms with Crippen LogP contribution in [0.3, 0.4) is 0 Å². The smallest absolute Gasteiger partial charge is 0.324 e. The lowest BCUT2D eigenvalue weighted by molar-refractivity contribution is -0.146. The molecular formula is C12H13Cl2NO5S. The van der Waals surface area contributed by atoms with Gasteiger partial charge < -0.3 is 10.2 Å². The average Bonchev–Trinajstić information content (AvgIpc) is 2.65. The van der Waals surface area contributed by atoms with Crippen LogP contribution >= 0.6 is 23.2 Å². The van der Waals surface area contributed by atoms with Gasteiger partial charge in [-0.2, -0.15) is 4.31 Å². The first kappa shape index (κ1) is 16.5. The fourth-order valence-electron chi connectivity index (χ4n) is 2.38. The Morgan fingerprint density at radius 2 is 1.86 bits per heavy atom. The van der Waals surface area contributed by atoms with Crippen LogP contribution in [0.2, 0.25) is 10.0 Å². The molecule has 2 rings (SSSR count). The molecule has 1 aromatic carbocycles. The van der Waals surface area contributed by atoms with Crippen LogP contribution in [0.15, 0.2) is 23.1 Å². The van der Waals surface area contributed by atoms with Gasteiger partial charge in [-0.1, -0.05) is 23.2 Å². The minimum Gasteiger partial charge on any atom is -0.480 e. The van der Waals surface area contributed by atoms with Crippen molar-refractivity contribution < 1.29 is 23.4 Å². The van der Waals surface area contributed by atoms with Gasteiger partial charge in [0.25, 0.3) is 0 Å². The van der Waals surface area contributed by atoms with E-state index in [9.17, 15) is 23.4 Å². The summed E-state index contributed by atoms with van der Waals surface area (Å²) in [5, 5.41) is 19.2. The van der Waals surface area contributed by atoms with Crippen LogP contribution in [0.25, 0.3) is 0 Å². The van der Waals surface area contributed by atoms with Crippen molar-refractivity contribution in [3.8, 4) is 0 Å². The van der Waals surface area contributed by atoms with Gasteiger partial charge in [-0.05, 0) is 25.1 Å². The first-order valence-corrected chi connectivity index (χ1v) is 8.17. The third kappa shape index (κ3) is 2.89. The minimum absolute atomic E-state index is 0.123. The quantitative estimate of drug-likeness (QED) is 0.860. The standard InChI is InChI=1S/C12H13Cl2NO5S/c1-12(11(17)18)5-9(16)6-15(12)21(19,20)10-3-7(13)2-8(14)4-10/h2-4,9,16H,5-6H2,1H3,(H,17,18)/t9-,12?/m1/s1. The third-order valence-corrected chi connectivity index (χ3v) is 5.85. The topological polar surface area (TPSA) is 94.9 Å². The molecule has 2 atom stereocenters. The van der Waals surface area contributed by atoms with Crippen LogP contribution in [-0.4, -0.2) is 47.1 Å². The van der Waals surface area contributed by atoms with Crippen molar-refractivity contribution in [1.82, 2.24) is 4.31 Å². The van der Waals surface area contributed by atoms with E-state index < -0.39 is 27.6 Å². The number of aliphatic hydroxyl groups is 1. The van der Waals surface area contributed by atoms with Crippen molar-refractivity contribution in [2.75, 3.05) is 6.54 Å². The fourth-order valence-corrected chi connectivity index (χ4v) is 4.89. The maximum Gasteiger partial charge on any atom is 0.324 e. The number of benzene rings is 1. The zero-order valence-corrected chi connectivity index (χ0v) is 13.3. The predicted molar refractivity (Wildman–Crippen MR) is 77.0 cm³/mol. The van der Waals surface area contributed by atoms with Crippen molar-refractivity contribution in [1.29, 1.82) is 0 Å². The van der Waals surface area contributed by atoms with E-state index in [1.807, 2.05) is 0 Å². The van der Waals surface area contributed by atoms with E-state index in [1.165, 1.54) is 25.1 Å². The SMILES string of the molecule is CC1(C(=O)O)C[C@@H](O)CN1S(=O)(=O)c1cc(Cl)cc(Cl)c1. The predicted octanol–water partition coefficient (Wildman–Crippen LogP) is 1.59. The van der Waals surface area contributed by atoms with E-state index in [0.717, 1.165) is 4.31 Å². The highest BCUT2D eigenvalue weighted by Gasteiger charge is 2.53. The van der Waals surface area contributed by atoms with Gasteiger partial charge in [-0.3, -0.25) is 4.79 Å². The van der Waals surface area contributed by atoms with Crippen LogP contribution < -0.4 is 0 Å². The number of carbonyl (C=O) groups is 1. The first-order chi connectivity index (χ1) is 9.57. The Morgan fingerprint density at radius 3 is 2.33 bits per heavy atom. The molecule has 1 fully saturated rings. The first-order valence-electron chi connectivity index (χ1n) is 5.98. The molecule has 0 aromatic heterocycles. The van der Waals surface area contributed by atoms with Crippen LogP contribution in [0, 0.1) is 0 Å². The lowest BCUT2D eigenvalue weighted by Crippen LogP contribution is -2.50. The van der Waals surface area contributed by atoms with Gasteiger partial charge in [0.1, 0.15) is 5.54 Å². The Balaban J connectivity index is 2.55. The molecule has 21 heavy (non-hydrogen) atoms. The number of aliphatic hydroxyl groups excluding tert-OH is 1. The summed E-state index contributed by atoms with van der Waals surface area (Å²) >= 11 is 11.6. The molecule has 0 spiro atoms. The number of nitrogens with zero attached hydrogens (tertiary/aromatic N) is 1. The van der Waals surface area contributed by atoms with Crippen molar-refractivity contribution >= 4 is 39.2 Å². The van der Waals surface area contributed by atoms with E-state index in [0.29, 0.717) is 0 Å². The van der Waals surface area contributed by atoms with Gasteiger partial charge in [0.05, 0.1) is 11.0 Å². The summed E-state index contributed by atoms with van der Waals surface area (Å²) in [6.07, 6.45) is -1.23. The Morgan fingerprint density at radius 1 is 1.33 bits per heavy atom. The Labute approximate surface area is 131 Å². The maximum atomic E-state index is 12.6. The Hall–Kier alpha value is -0.860. The average molecular weight is 354 g/mol. The Kier molecular flexibility index (Phi) is 4.25. The molecule has 9 heteroatoms. The third-order valence-electron chi connectivity index (χ3n) is 3.44. The van der Waals surface area contributed by atoms with E-state index in [4.69, 9.17) is 23.2 Å². The summed E-state index contributed by atoms with van der Waals surface area (Å²) in [4.78, 5) is 11.2. The number of β-amino-alcohol motifs (C(OH)–C–C–N with tert-alkyl or cyclic N) is 1. The van der Waals surface area contributed by atoms with Crippen molar-refractivity contribution in [3.63, 3.8) is 0 Å². The molecule has 2 N–H and O–H groups in total. The highest BCUT2D eigenvalue weighted by Crippen LogP contribution is 2.36. The lowest BCUT2D eigenvalue weighted by atomic mass is 10.0. The second-order valence-corrected chi connectivity index (χ2v) is 7.81. The monoisotopic (exact) mass is 353 g/mol. The summed E-state index contributed by atoms with van der Waals surface area (Å²) in [5.41, 5.74) is -1.72.